The van der Waals surface area contributed by atoms with E-state index in [1.165, 1.54) is 17.3 Å². The largest absolute Gasteiger partial charge is 0.493 e. The number of rotatable bonds is 5. The van der Waals surface area contributed by atoms with Crippen molar-refractivity contribution in [3.05, 3.63) is 69.7 Å². The summed E-state index contributed by atoms with van der Waals surface area (Å²) in [7, 11) is 1.59. The molecule has 1 aliphatic rings. The summed E-state index contributed by atoms with van der Waals surface area (Å²) in [4.78, 5) is 4.01. The van der Waals surface area contributed by atoms with Gasteiger partial charge in [0.2, 0.25) is 0 Å². The highest BCUT2D eigenvalue weighted by Gasteiger charge is 2.34. The molecule has 1 aromatic heterocycles. The summed E-state index contributed by atoms with van der Waals surface area (Å²) in [6, 6.07) is 8.89. The molecule has 2 aromatic carbocycles. The number of nitrogens with zero attached hydrogens (tertiary/aromatic N) is 3. The third kappa shape index (κ3) is 4.03. The molecule has 1 aliphatic heterocycles. The number of fused-ring (bicyclic) bond motifs is 1. The topological polar surface area (TPSA) is 69.4 Å². The Morgan fingerprint density at radius 1 is 1.30 bits per heavy atom. The molecule has 0 amide bonds. The summed E-state index contributed by atoms with van der Waals surface area (Å²) >= 11 is 12.4. The number of ether oxygens (including phenoxy) is 2. The van der Waals surface area contributed by atoms with Crippen LogP contribution in [0.3, 0.4) is 0 Å². The van der Waals surface area contributed by atoms with E-state index in [1.54, 1.807) is 37.5 Å². The first-order valence-electron chi connectivity index (χ1n) is 9.37. The van der Waals surface area contributed by atoms with Crippen molar-refractivity contribution in [3.8, 4) is 11.5 Å². The Morgan fingerprint density at radius 2 is 2.10 bits per heavy atom. The zero-order valence-electron chi connectivity index (χ0n) is 16.8. The highest BCUT2D eigenvalue weighted by atomic mass is 35.5. The van der Waals surface area contributed by atoms with Gasteiger partial charge in [0.15, 0.2) is 11.5 Å². The lowest BCUT2D eigenvalue weighted by Gasteiger charge is -2.19. The highest BCUT2D eigenvalue weighted by Crippen LogP contribution is 2.44. The molecule has 3 aromatic rings. The molecule has 0 bridgehead atoms. The van der Waals surface area contributed by atoms with Crippen LogP contribution in [-0.4, -0.2) is 32.6 Å². The van der Waals surface area contributed by atoms with Crippen molar-refractivity contribution in [1.29, 1.82) is 0 Å². The standard InChI is InChI=1S/C22H21Cl2N3O3/c1-22(2)10-15-6-14(8-19(29-3)21(15)30-22)20(28)18(27-12-25-11-26-27)7-13-4-5-16(23)9-17(13)24/h4-9,11-12,20,28H,10H2,1-3H3/b18-7-. The van der Waals surface area contributed by atoms with Crippen molar-refractivity contribution in [3.63, 3.8) is 0 Å². The summed E-state index contributed by atoms with van der Waals surface area (Å²) in [6.07, 6.45) is 4.39. The highest BCUT2D eigenvalue weighted by molar-refractivity contribution is 6.35. The number of aliphatic hydroxyl groups is 1. The molecule has 6 nitrogen and oxygen atoms in total. The molecule has 30 heavy (non-hydrogen) atoms. The minimum absolute atomic E-state index is 0.333. The van der Waals surface area contributed by atoms with Crippen LogP contribution in [0.25, 0.3) is 11.8 Å². The number of aliphatic hydroxyl groups excluding tert-OH is 1. The first-order valence-corrected chi connectivity index (χ1v) is 10.1. The molecular formula is C22H21Cl2N3O3. The van der Waals surface area contributed by atoms with Gasteiger partial charge in [-0.1, -0.05) is 29.3 Å². The molecule has 2 heterocycles. The SMILES string of the molecule is COc1cc(C(O)/C(=C/c2ccc(Cl)cc2Cl)n2cncn2)cc2c1OC(C)(C)C2. The van der Waals surface area contributed by atoms with Gasteiger partial charge >= 0.3 is 0 Å². The monoisotopic (exact) mass is 445 g/mol. The second-order valence-corrected chi connectivity index (χ2v) is 8.57. The zero-order chi connectivity index (χ0) is 21.5. The second kappa shape index (κ2) is 7.95. The maximum Gasteiger partial charge on any atom is 0.165 e. The van der Waals surface area contributed by atoms with Gasteiger partial charge in [0.25, 0.3) is 0 Å². The average molecular weight is 446 g/mol. The Balaban J connectivity index is 1.80. The van der Waals surface area contributed by atoms with E-state index < -0.39 is 6.10 Å². The van der Waals surface area contributed by atoms with Crippen molar-refractivity contribution in [1.82, 2.24) is 14.8 Å². The quantitative estimate of drug-likeness (QED) is 0.595. The maximum absolute atomic E-state index is 11.3. The van der Waals surface area contributed by atoms with Gasteiger partial charge in [0.1, 0.15) is 24.4 Å². The van der Waals surface area contributed by atoms with Gasteiger partial charge in [0, 0.05) is 22.0 Å². The van der Waals surface area contributed by atoms with Crippen molar-refractivity contribution in [2.75, 3.05) is 7.11 Å². The molecule has 1 N–H and O–H groups in total. The fourth-order valence-electron chi connectivity index (χ4n) is 3.57. The second-order valence-electron chi connectivity index (χ2n) is 7.73. The van der Waals surface area contributed by atoms with E-state index in [2.05, 4.69) is 10.1 Å². The third-order valence-electron chi connectivity index (χ3n) is 4.91. The van der Waals surface area contributed by atoms with Crippen LogP contribution in [0.2, 0.25) is 10.0 Å². The van der Waals surface area contributed by atoms with Crippen LogP contribution in [0.15, 0.2) is 43.0 Å². The molecule has 0 radical (unpaired) electrons. The maximum atomic E-state index is 11.3. The molecule has 0 spiro atoms. The Hall–Kier alpha value is -2.54. The first kappa shape index (κ1) is 20.7. The molecular weight excluding hydrogens is 425 g/mol. The number of methoxy groups -OCH3 is 1. The zero-order valence-corrected chi connectivity index (χ0v) is 18.3. The number of benzene rings is 2. The summed E-state index contributed by atoms with van der Waals surface area (Å²) in [5.74, 6) is 1.29. The van der Waals surface area contributed by atoms with E-state index >= 15 is 0 Å². The van der Waals surface area contributed by atoms with Gasteiger partial charge in [-0.15, -0.1) is 0 Å². The fourth-order valence-corrected chi connectivity index (χ4v) is 4.03. The summed E-state index contributed by atoms with van der Waals surface area (Å²) in [5.41, 5.74) is 2.48. The van der Waals surface area contributed by atoms with E-state index in [4.69, 9.17) is 32.7 Å². The average Bonchev–Trinajstić information content (AvgIpc) is 3.32. The van der Waals surface area contributed by atoms with Crippen molar-refractivity contribution >= 4 is 35.0 Å². The van der Waals surface area contributed by atoms with Crippen molar-refractivity contribution in [2.45, 2.75) is 32.0 Å². The smallest absolute Gasteiger partial charge is 0.165 e. The Morgan fingerprint density at radius 3 is 2.77 bits per heavy atom. The molecule has 0 saturated heterocycles. The van der Waals surface area contributed by atoms with E-state index in [9.17, 15) is 5.11 Å². The molecule has 0 fully saturated rings. The van der Waals surface area contributed by atoms with Gasteiger partial charge in [-0.25, -0.2) is 9.67 Å². The minimum atomic E-state index is -1.01. The lowest BCUT2D eigenvalue weighted by Crippen LogP contribution is -2.24. The van der Waals surface area contributed by atoms with Crippen LogP contribution in [0, 0.1) is 0 Å². The van der Waals surface area contributed by atoms with Crippen LogP contribution in [-0.2, 0) is 6.42 Å². The summed E-state index contributed by atoms with van der Waals surface area (Å²) < 4.78 is 13.1. The van der Waals surface area contributed by atoms with Crippen LogP contribution in [0.4, 0.5) is 0 Å². The Kier molecular flexibility index (Phi) is 5.49. The molecule has 0 saturated carbocycles. The lowest BCUT2D eigenvalue weighted by atomic mass is 9.97. The Bertz CT molecular complexity index is 1110. The number of halogens is 2. The molecule has 1 atom stereocenters. The predicted molar refractivity (Wildman–Crippen MR) is 117 cm³/mol. The number of hydrogen-bond donors (Lipinski definition) is 1. The summed E-state index contributed by atoms with van der Waals surface area (Å²) in [6.45, 7) is 4.04. The molecule has 4 rings (SSSR count). The number of hydrogen-bond acceptors (Lipinski definition) is 5. The van der Waals surface area contributed by atoms with Gasteiger partial charge in [-0.2, -0.15) is 5.10 Å². The Labute approximate surface area is 184 Å². The minimum Gasteiger partial charge on any atom is -0.493 e. The van der Waals surface area contributed by atoms with E-state index in [1.807, 2.05) is 19.9 Å². The van der Waals surface area contributed by atoms with Gasteiger partial charge in [-0.05, 0) is 55.3 Å². The van der Waals surface area contributed by atoms with E-state index in [0.29, 0.717) is 44.8 Å². The third-order valence-corrected chi connectivity index (χ3v) is 5.48. The van der Waals surface area contributed by atoms with Crippen molar-refractivity contribution in [2.24, 2.45) is 0 Å². The predicted octanol–water partition coefficient (Wildman–Crippen LogP) is 5.04. The van der Waals surface area contributed by atoms with Gasteiger partial charge < -0.3 is 14.6 Å². The molecule has 0 aliphatic carbocycles. The molecule has 1 unspecified atom stereocenters. The van der Waals surface area contributed by atoms with Gasteiger partial charge in [-0.3, -0.25) is 0 Å². The molecule has 156 valence electrons. The van der Waals surface area contributed by atoms with Crippen LogP contribution in [0.5, 0.6) is 11.5 Å². The first-order chi connectivity index (χ1) is 14.3. The lowest BCUT2D eigenvalue weighted by molar-refractivity contribution is 0.134. The number of aromatic nitrogens is 3. The summed E-state index contributed by atoms with van der Waals surface area (Å²) in [5, 5.41) is 16.5. The van der Waals surface area contributed by atoms with Gasteiger partial charge in [0.05, 0.1) is 12.8 Å². The van der Waals surface area contributed by atoms with Crippen LogP contribution in [0.1, 0.15) is 36.6 Å². The fraction of sp³-hybridized carbons (Fsp3) is 0.273. The van der Waals surface area contributed by atoms with Crippen molar-refractivity contribution < 1.29 is 14.6 Å². The van der Waals surface area contributed by atoms with Crippen LogP contribution >= 0.6 is 23.2 Å². The van der Waals surface area contributed by atoms with E-state index in [0.717, 1.165) is 5.56 Å². The van der Waals surface area contributed by atoms with E-state index in [-0.39, 0.29) is 5.60 Å². The van der Waals surface area contributed by atoms with Crippen LogP contribution < -0.4 is 9.47 Å². The normalized spacial score (nSPS) is 16.1. The molecule has 8 heteroatoms.